The summed E-state index contributed by atoms with van der Waals surface area (Å²) in [5.74, 6) is 1.04. The number of nitrogens with zero attached hydrogens (tertiary/aromatic N) is 1. The van der Waals surface area contributed by atoms with Crippen LogP contribution in [0.2, 0.25) is 0 Å². The molecule has 0 bridgehead atoms. The molecule has 3 N–H and O–H groups in total. The van der Waals surface area contributed by atoms with Crippen LogP contribution in [-0.2, 0) is 0 Å². The monoisotopic (exact) mass is 295 g/mol. The molecule has 0 amide bonds. The maximum Gasteiger partial charge on any atom is 0.135 e. The van der Waals surface area contributed by atoms with Gasteiger partial charge in [0.15, 0.2) is 0 Å². The topological polar surface area (TPSA) is 75.0 Å². The van der Waals surface area contributed by atoms with E-state index < -0.39 is 6.17 Å². The van der Waals surface area contributed by atoms with E-state index >= 15 is 0 Å². The molecule has 0 saturated heterocycles. The SMILES string of the molecule is Cc1ccc(C2=C(C#N)C(N)NC(c3ccc(F)cc3)=C2)o1. The van der Waals surface area contributed by atoms with Crippen LogP contribution in [-0.4, -0.2) is 6.17 Å². The van der Waals surface area contributed by atoms with Crippen LogP contribution in [0.4, 0.5) is 4.39 Å². The molecule has 2 aromatic rings. The minimum Gasteiger partial charge on any atom is -0.461 e. The highest BCUT2D eigenvalue weighted by molar-refractivity contribution is 5.88. The molecule has 0 saturated carbocycles. The predicted octanol–water partition coefficient (Wildman–Crippen LogP) is 2.93. The van der Waals surface area contributed by atoms with Gasteiger partial charge in [-0.05, 0) is 42.8 Å². The van der Waals surface area contributed by atoms with Gasteiger partial charge in [-0.3, -0.25) is 0 Å². The van der Waals surface area contributed by atoms with Crippen molar-refractivity contribution in [1.29, 1.82) is 5.26 Å². The summed E-state index contributed by atoms with van der Waals surface area (Å²) in [6.45, 7) is 1.84. The highest BCUT2D eigenvalue weighted by Crippen LogP contribution is 2.30. The van der Waals surface area contributed by atoms with Gasteiger partial charge in [0.05, 0.1) is 11.6 Å². The Labute approximate surface area is 127 Å². The summed E-state index contributed by atoms with van der Waals surface area (Å²) < 4.78 is 18.7. The first-order valence-corrected chi connectivity index (χ1v) is 6.79. The molecule has 3 rings (SSSR count). The molecule has 1 unspecified atom stereocenters. The fourth-order valence-electron chi connectivity index (χ4n) is 2.38. The molecule has 1 atom stereocenters. The van der Waals surface area contributed by atoms with Crippen LogP contribution in [0.3, 0.4) is 0 Å². The van der Waals surface area contributed by atoms with Gasteiger partial charge in [-0.1, -0.05) is 12.1 Å². The standard InChI is InChI=1S/C17H14FN3O/c1-10-2-7-16(22-10)13-8-15(21-17(20)14(13)9-19)11-3-5-12(18)6-4-11/h2-8,17,21H,20H2,1H3. The second kappa shape index (κ2) is 5.51. The van der Waals surface area contributed by atoms with Crippen LogP contribution >= 0.6 is 0 Å². The predicted molar refractivity (Wildman–Crippen MR) is 81.5 cm³/mol. The Morgan fingerprint density at radius 2 is 1.95 bits per heavy atom. The Morgan fingerprint density at radius 1 is 1.23 bits per heavy atom. The van der Waals surface area contributed by atoms with E-state index in [-0.39, 0.29) is 5.82 Å². The summed E-state index contributed by atoms with van der Waals surface area (Å²) in [7, 11) is 0. The van der Waals surface area contributed by atoms with Gasteiger partial charge >= 0.3 is 0 Å². The van der Waals surface area contributed by atoms with Crippen molar-refractivity contribution in [2.24, 2.45) is 5.73 Å². The molecule has 4 nitrogen and oxygen atoms in total. The Balaban J connectivity index is 2.11. The Morgan fingerprint density at radius 3 is 2.55 bits per heavy atom. The lowest BCUT2D eigenvalue weighted by molar-refractivity contribution is 0.521. The molecular formula is C17H14FN3O. The Kier molecular flexibility index (Phi) is 3.53. The van der Waals surface area contributed by atoms with Crippen molar-refractivity contribution in [3.8, 4) is 6.07 Å². The highest BCUT2D eigenvalue weighted by atomic mass is 19.1. The molecule has 0 fully saturated rings. The largest absolute Gasteiger partial charge is 0.461 e. The first kappa shape index (κ1) is 14.1. The number of furan rings is 1. The molecule has 5 heteroatoms. The number of nitriles is 1. The minimum absolute atomic E-state index is 0.306. The third-order valence-corrected chi connectivity index (χ3v) is 3.48. The molecule has 110 valence electrons. The number of aryl methyl sites for hydroxylation is 1. The van der Waals surface area contributed by atoms with Crippen LogP contribution in [0.1, 0.15) is 17.1 Å². The van der Waals surface area contributed by atoms with Crippen LogP contribution in [0.25, 0.3) is 11.3 Å². The van der Waals surface area contributed by atoms with Gasteiger partial charge in [0.2, 0.25) is 0 Å². The van der Waals surface area contributed by atoms with Crippen molar-refractivity contribution >= 4 is 11.3 Å². The average molecular weight is 295 g/mol. The van der Waals surface area contributed by atoms with Crippen molar-refractivity contribution in [3.63, 3.8) is 0 Å². The molecule has 1 aromatic heterocycles. The maximum absolute atomic E-state index is 13.1. The van der Waals surface area contributed by atoms with E-state index in [1.54, 1.807) is 24.3 Å². The molecule has 2 heterocycles. The quantitative estimate of drug-likeness (QED) is 0.893. The van der Waals surface area contributed by atoms with Crippen molar-refractivity contribution < 1.29 is 8.81 Å². The Hall–Kier alpha value is -2.84. The number of halogens is 1. The third kappa shape index (κ3) is 2.52. The minimum atomic E-state index is -0.643. The van der Waals surface area contributed by atoms with Gasteiger partial charge in [0.25, 0.3) is 0 Å². The van der Waals surface area contributed by atoms with E-state index in [1.165, 1.54) is 12.1 Å². The molecule has 0 radical (unpaired) electrons. The van der Waals surface area contributed by atoms with E-state index in [2.05, 4.69) is 11.4 Å². The van der Waals surface area contributed by atoms with E-state index in [1.807, 2.05) is 13.0 Å². The van der Waals surface area contributed by atoms with E-state index in [0.717, 1.165) is 17.0 Å². The zero-order chi connectivity index (χ0) is 15.7. The Bertz CT molecular complexity index is 809. The van der Waals surface area contributed by atoms with Crippen LogP contribution < -0.4 is 11.1 Å². The van der Waals surface area contributed by atoms with Gasteiger partial charge in [0.1, 0.15) is 23.5 Å². The second-order valence-corrected chi connectivity index (χ2v) is 5.04. The first-order chi connectivity index (χ1) is 10.6. The number of dihydropyridines is 1. The molecule has 0 aliphatic carbocycles. The molecular weight excluding hydrogens is 281 g/mol. The number of allylic oxidation sites excluding steroid dienone is 2. The van der Waals surface area contributed by atoms with Gasteiger partial charge < -0.3 is 15.5 Å². The maximum atomic E-state index is 13.1. The number of rotatable bonds is 2. The molecule has 1 aliphatic rings. The van der Waals surface area contributed by atoms with Crippen LogP contribution in [0.15, 0.2) is 52.5 Å². The highest BCUT2D eigenvalue weighted by Gasteiger charge is 2.23. The van der Waals surface area contributed by atoms with Gasteiger partial charge in [-0.15, -0.1) is 0 Å². The number of hydrogen-bond donors (Lipinski definition) is 2. The summed E-state index contributed by atoms with van der Waals surface area (Å²) in [4.78, 5) is 0. The fraction of sp³-hybridized carbons (Fsp3) is 0.118. The summed E-state index contributed by atoms with van der Waals surface area (Å²) in [6.07, 6.45) is 1.16. The zero-order valence-electron chi connectivity index (χ0n) is 11.9. The second-order valence-electron chi connectivity index (χ2n) is 5.04. The summed E-state index contributed by atoms with van der Waals surface area (Å²) in [6, 6.07) is 11.8. The van der Waals surface area contributed by atoms with E-state index in [9.17, 15) is 9.65 Å². The smallest absolute Gasteiger partial charge is 0.135 e. The van der Waals surface area contributed by atoms with Crippen LogP contribution in [0, 0.1) is 24.1 Å². The third-order valence-electron chi connectivity index (χ3n) is 3.48. The molecule has 1 aromatic carbocycles. The number of nitrogens with one attached hydrogen (secondary N) is 1. The molecule has 22 heavy (non-hydrogen) atoms. The van der Waals surface area contributed by atoms with Crippen molar-refractivity contribution in [2.75, 3.05) is 0 Å². The number of hydrogen-bond acceptors (Lipinski definition) is 4. The molecule has 1 aliphatic heterocycles. The van der Waals surface area contributed by atoms with Gasteiger partial charge in [0, 0.05) is 11.3 Å². The number of nitrogens with two attached hydrogens (primary N) is 1. The lowest BCUT2D eigenvalue weighted by Crippen LogP contribution is -2.40. The normalized spacial score (nSPS) is 17.7. The summed E-state index contributed by atoms with van der Waals surface area (Å²) in [5.41, 5.74) is 8.58. The van der Waals surface area contributed by atoms with Gasteiger partial charge in [-0.25, -0.2) is 4.39 Å². The zero-order valence-corrected chi connectivity index (χ0v) is 11.9. The first-order valence-electron chi connectivity index (χ1n) is 6.79. The van der Waals surface area contributed by atoms with Crippen molar-refractivity contribution in [2.45, 2.75) is 13.1 Å². The van der Waals surface area contributed by atoms with Gasteiger partial charge in [-0.2, -0.15) is 5.26 Å². The lowest BCUT2D eigenvalue weighted by Gasteiger charge is -2.24. The fourth-order valence-corrected chi connectivity index (χ4v) is 2.38. The van der Waals surface area contributed by atoms with E-state index in [4.69, 9.17) is 10.2 Å². The van der Waals surface area contributed by atoms with Crippen LogP contribution in [0.5, 0.6) is 0 Å². The lowest BCUT2D eigenvalue weighted by atomic mass is 9.97. The average Bonchev–Trinajstić information content (AvgIpc) is 2.93. The van der Waals surface area contributed by atoms with Crippen molar-refractivity contribution in [3.05, 3.63) is 70.9 Å². The van der Waals surface area contributed by atoms with E-state index in [0.29, 0.717) is 16.9 Å². The number of benzene rings is 1. The summed E-state index contributed by atoms with van der Waals surface area (Å²) >= 11 is 0. The van der Waals surface area contributed by atoms with Crippen molar-refractivity contribution in [1.82, 2.24) is 5.32 Å². The summed E-state index contributed by atoms with van der Waals surface area (Å²) in [5, 5.41) is 12.4. The molecule has 0 spiro atoms.